The normalized spacial score (nSPS) is 9.88. The van der Waals surface area contributed by atoms with Crippen molar-refractivity contribution in [2.45, 2.75) is 6.54 Å². The van der Waals surface area contributed by atoms with Crippen molar-refractivity contribution in [1.82, 2.24) is 10.6 Å². The van der Waals surface area contributed by atoms with E-state index in [-0.39, 0.29) is 16.8 Å². The molecule has 0 aliphatic carbocycles. The number of carbonyl (C=O) groups excluding carboxylic acids is 1. The Morgan fingerprint density at radius 3 is 2.65 bits per heavy atom. The molecule has 2 heterocycles. The lowest BCUT2D eigenvalue weighted by molar-refractivity contribution is 0.0949. The number of thiocarbonyl (C=S) groups is 1. The van der Waals surface area contributed by atoms with E-state index >= 15 is 0 Å². The van der Waals surface area contributed by atoms with E-state index in [0.29, 0.717) is 6.54 Å². The summed E-state index contributed by atoms with van der Waals surface area (Å²) in [4.78, 5) is 11.5. The van der Waals surface area contributed by atoms with E-state index in [0.717, 1.165) is 5.76 Å². The first kappa shape index (κ1) is 11.4. The summed E-state index contributed by atoms with van der Waals surface area (Å²) in [5.74, 6) is 0.568. The summed E-state index contributed by atoms with van der Waals surface area (Å²) >= 11 is 4.95. The van der Waals surface area contributed by atoms with Crippen molar-refractivity contribution in [2.24, 2.45) is 0 Å². The standard InChI is InChI=1S/C11H10N2O3S/c14-10(9-4-2-6-16-9)13-11(17)12-7-8-3-1-5-15-8/h1-6H,7H2,(H2,12,13,14,17). The fourth-order valence-corrected chi connectivity index (χ4v) is 1.36. The molecule has 0 saturated heterocycles. The lowest BCUT2D eigenvalue weighted by Gasteiger charge is -2.06. The van der Waals surface area contributed by atoms with Gasteiger partial charge >= 0.3 is 0 Å². The molecule has 2 aromatic rings. The Hall–Kier alpha value is -2.08. The molecule has 5 nitrogen and oxygen atoms in total. The molecule has 0 radical (unpaired) electrons. The van der Waals surface area contributed by atoms with Gasteiger partial charge in [-0.05, 0) is 36.5 Å². The molecule has 0 saturated carbocycles. The summed E-state index contributed by atoms with van der Waals surface area (Å²) in [5, 5.41) is 5.56. The average Bonchev–Trinajstić information content (AvgIpc) is 2.99. The molecule has 1 amide bonds. The van der Waals surface area contributed by atoms with Gasteiger partial charge in [-0.3, -0.25) is 10.1 Å². The second kappa shape index (κ2) is 5.31. The van der Waals surface area contributed by atoms with Crippen LogP contribution in [0.15, 0.2) is 45.6 Å². The maximum atomic E-state index is 11.5. The Balaban J connectivity index is 1.80. The van der Waals surface area contributed by atoms with Gasteiger partial charge in [0.2, 0.25) is 0 Å². The molecule has 0 unspecified atom stereocenters. The van der Waals surface area contributed by atoms with Crippen molar-refractivity contribution in [3.63, 3.8) is 0 Å². The van der Waals surface area contributed by atoms with E-state index in [2.05, 4.69) is 10.6 Å². The quantitative estimate of drug-likeness (QED) is 0.811. The van der Waals surface area contributed by atoms with Crippen LogP contribution in [-0.2, 0) is 6.54 Å². The first-order valence-corrected chi connectivity index (χ1v) is 5.31. The lowest BCUT2D eigenvalue weighted by Crippen LogP contribution is -2.38. The van der Waals surface area contributed by atoms with E-state index in [1.807, 2.05) is 6.07 Å². The molecule has 2 rings (SSSR count). The first-order chi connectivity index (χ1) is 8.25. The van der Waals surface area contributed by atoms with E-state index in [4.69, 9.17) is 21.1 Å². The van der Waals surface area contributed by atoms with Crippen LogP contribution < -0.4 is 10.6 Å². The minimum atomic E-state index is -0.382. The van der Waals surface area contributed by atoms with Crippen molar-refractivity contribution >= 4 is 23.2 Å². The zero-order chi connectivity index (χ0) is 12.1. The molecule has 0 spiro atoms. The molecular formula is C11H10N2O3S. The summed E-state index contributed by atoms with van der Waals surface area (Å²) in [6.07, 6.45) is 3.00. The molecule has 0 aliphatic heterocycles. The van der Waals surface area contributed by atoms with Gasteiger partial charge in [0, 0.05) is 0 Å². The largest absolute Gasteiger partial charge is 0.467 e. The summed E-state index contributed by atoms with van der Waals surface area (Å²) in [7, 11) is 0. The maximum absolute atomic E-state index is 11.5. The number of rotatable bonds is 3. The third kappa shape index (κ3) is 3.18. The van der Waals surface area contributed by atoms with Crippen molar-refractivity contribution < 1.29 is 13.6 Å². The molecule has 0 bridgehead atoms. The number of hydrogen-bond acceptors (Lipinski definition) is 4. The highest BCUT2D eigenvalue weighted by atomic mass is 32.1. The van der Waals surface area contributed by atoms with Gasteiger partial charge in [0.25, 0.3) is 5.91 Å². The minimum absolute atomic E-state index is 0.215. The highest BCUT2D eigenvalue weighted by molar-refractivity contribution is 7.80. The molecule has 0 aromatic carbocycles. The molecule has 6 heteroatoms. The maximum Gasteiger partial charge on any atom is 0.293 e. The summed E-state index contributed by atoms with van der Waals surface area (Å²) in [6.45, 7) is 0.421. The summed E-state index contributed by atoms with van der Waals surface area (Å²) < 4.78 is 10.0. The SMILES string of the molecule is O=C(NC(=S)NCc1ccco1)c1ccco1. The Bertz CT molecular complexity index is 491. The summed E-state index contributed by atoms with van der Waals surface area (Å²) in [6, 6.07) is 6.78. The van der Waals surface area contributed by atoms with Crippen molar-refractivity contribution in [1.29, 1.82) is 0 Å². The highest BCUT2D eigenvalue weighted by Gasteiger charge is 2.09. The van der Waals surface area contributed by atoms with Crippen LogP contribution in [0.25, 0.3) is 0 Å². The molecule has 2 aromatic heterocycles. The molecule has 0 fully saturated rings. The predicted octanol–water partition coefficient (Wildman–Crippen LogP) is 1.68. The number of amides is 1. The predicted molar refractivity (Wildman–Crippen MR) is 64.3 cm³/mol. The van der Waals surface area contributed by atoms with Crippen LogP contribution in [0.5, 0.6) is 0 Å². The molecule has 2 N–H and O–H groups in total. The van der Waals surface area contributed by atoms with Gasteiger partial charge < -0.3 is 14.2 Å². The monoisotopic (exact) mass is 250 g/mol. The lowest BCUT2D eigenvalue weighted by atomic mass is 10.4. The van der Waals surface area contributed by atoms with E-state index in [1.165, 1.54) is 6.26 Å². The van der Waals surface area contributed by atoms with Crippen molar-refractivity contribution in [3.8, 4) is 0 Å². The number of furan rings is 2. The van der Waals surface area contributed by atoms with Gasteiger partial charge in [-0.25, -0.2) is 0 Å². The number of nitrogens with one attached hydrogen (secondary N) is 2. The van der Waals surface area contributed by atoms with Gasteiger partial charge in [0.15, 0.2) is 10.9 Å². The second-order valence-electron chi connectivity index (χ2n) is 3.19. The van der Waals surface area contributed by atoms with Gasteiger partial charge in [-0.15, -0.1) is 0 Å². The van der Waals surface area contributed by atoms with Gasteiger partial charge in [0.05, 0.1) is 19.1 Å². The Labute approximate surface area is 103 Å². The van der Waals surface area contributed by atoms with Crippen LogP contribution in [0.3, 0.4) is 0 Å². The molecule has 0 aliphatic rings. The molecule has 17 heavy (non-hydrogen) atoms. The topological polar surface area (TPSA) is 67.4 Å². The number of hydrogen-bond donors (Lipinski definition) is 2. The van der Waals surface area contributed by atoms with Crippen LogP contribution in [-0.4, -0.2) is 11.0 Å². The van der Waals surface area contributed by atoms with Crippen molar-refractivity contribution in [3.05, 3.63) is 48.3 Å². The van der Waals surface area contributed by atoms with Crippen LogP contribution >= 0.6 is 12.2 Å². The minimum Gasteiger partial charge on any atom is -0.467 e. The number of carbonyl (C=O) groups is 1. The zero-order valence-electron chi connectivity index (χ0n) is 8.80. The van der Waals surface area contributed by atoms with Crippen LogP contribution in [0.1, 0.15) is 16.3 Å². The smallest absolute Gasteiger partial charge is 0.293 e. The van der Waals surface area contributed by atoms with E-state index < -0.39 is 0 Å². The molecular weight excluding hydrogens is 240 g/mol. The Morgan fingerprint density at radius 2 is 2.00 bits per heavy atom. The average molecular weight is 250 g/mol. The first-order valence-electron chi connectivity index (χ1n) is 4.91. The van der Waals surface area contributed by atoms with Gasteiger partial charge in [-0.2, -0.15) is 0 Å². The fourth-order valence-electron chi connectivity index (χ4n) is 1.20. The van der Waals surface area contributed by atoms with E-state index in [1.54, 1.807) is 24.5 Å². The van der Waals surface area contributed by atoms with Crippen LogP contribution in [0.4, 0.5) is 0 Å². The van der Waals surface area contributed by atoms with Crippen LogP contribution in [0, 0.1) is 0 Å². The summed E-state index contributed by atoms with van der Waals surface area (Å²) in [5.41, 5.74) is 0. The second-order valence-corrected chi connectivity index (χ2v) is 3.60. The van der Waals surface area contributed by atoms with Crippen LogP contribution in [0.2, 0.25) is 0 Å². The van der Waals surface area contributed by atoms with Crippen molar-refractivity contribution in [2.75, 3.05) is 0 Å². The third-order valence-electron chi connectivity index (χ3n) is 1.98. The van der Waals surface area contributed by atoms with E-state index in [9.17, 15) is 4.79 Å². The Morgan fingerprint density at radius 1 is 1.24 bits per heavy atom. The highest BCUT2D eigenvalue weighted by Crippen LogP contribution is 2.00. The van der Waals surface area contributed by atoms with Gasteiger partial charge in [-0.1, -0.05) is 0 Å². The Kier molecular flexibility index (Phi) is 3.56. The third-order valence-corrected chi connectivity index (χ3v) is 2.22. The van der Waals surface area contributed by atoms with Gasteiger partial charge in [0.1, 0.15) is 5.76 Å². The molecule has 88 valence electrons. The molecule has 0 atom stereocenters. The fraction of sp³-hybridized carbons (Fsp3) is 0.0909. The zero-order valence-corrected chi connectivity index (χ0v) is 9.62.